The van der Waals surface area contributed by atoms with Crippen molar-refractivity contribution in [1.29, 1.82) is 0 Å². The van der Waals surface area contributed by atoms with E-state index in [9.17, 15) is 8.78 Å². The van der Waals surface area contributed by atoms with Gasteiger partial charge in [0.25, 0.3) is 0 Å². The van der Waals surface area contributed by atoms with Crippen LogP contribution in [0.25, 0.3) is 0 Å². The second kappa shape index (κ2) is 2.19. The number of fused-ring (bicyclic) bond motifs is 1. The maximum atomic E-state index is 13.0. The summed E-state index contributed by atoms with van der Waals surface area (Å²) in [7, 11) is 0. The van der Waals surface area contributed by atoms with Crippen LogP contribution in [-0.2, 0) is 5.92 Å². The fraction of sp³-hybridized carbons (Fsp3) is 0.333. The summed E-state index contributed by atoms with van der Waals surface area (Å²) in [4.78, 5) is 0. The molecule has 1 aromatic rings. The Hall–Kier alpha value is -1.12. The zero-order valence-corrected chi connectivity index (χ0v) is 6.60. The van der Waals surface area contributed by atoms with Crippen LogP contribution in [0.1, 0.15) is 11.1 Å². The molecule has 1 heterocycles. The van der Waals surface area contributed by atoms with E-state index in [2.05, 4.69) is 0 Å². The predicted octanol–water partition coefficient (Wildman–Crippen LogP) is 2.48. The van der Waals surface area contributed by atoms with Crippen LogP contribution in [0.3, 0.4) is 0 Å². The van der Waals surface area contributed by atoms with Crippen molar-refractivity contribution in [2.24, 2.45) is 0 Å². The number of para-hydroxylation sites is 1. The third-order valence-corrected chi connectivity index (χ3v) is 2.00. The molecular formula is C9H8F2O. The van der Waals surface area contributed by atoms with Gasteiger partial charge in [-0.2, -0.15) is 8.78 Å². The lowest BCUT2D eigenvalue weighted by molar-refractivity contribution is -0.0214. The lowest BCUT2D eigenvalue weighted by Gasteiger charge is -2.05. The maximum Gasteiger partial charge on any atom is 0.310 e. The van der Waals surface area contributed by atoms with Crippen LogP contribution < -0.4 is 4.74 Å². The summed E-state index contributed by atoms with van der Waals surface area (Å²) >= 11 is 0. The molecule has 0 aromatic heterocycles. The molecule has 0 aliphatic carbocycles. The summed E-state index contributed by atoms with van der Waals surface area (Å²) in [6, 6.07) is 4.80. The fourth-order valence-corrected chi connectivity index (χ4v) is 1.37. The smallest absolute Gasteiger partial charge is 0.310 e. The Morgan fingerprint density at radius 2 is 2.17 bits per heavy atom. The normalized spacial score (nSPS) is 18.6. The summed E-state index contributed by atoms with van der Waals surface area (Å²) in [5.41, 5.74) is 0.784. The number of halogens is 2. The number of aryl methyl sites for hydroxylation is 1. The van der Waals surface area contributed by atoms with E-state index in [0.717, 1.165) is 5.56 Å². The Balaban J connectivity index is 2.61. The number of benzene rings is 1. The van der Waals surface area contributed by atoms with Crippen molar-refractivity contribution in [2.75, 3.05) is 6.61 Å². The summed E-state index contributed by atoms with van der Waals surface area (Å²) in [6.45, 7) is 1.24. The zero-order valence-electron chi connectivity index (χ0n) is 6.60. The number of hydrogen-bond acceptors (Lipinski definition) is 1. The standard InChI is InChI=1S/C9H8F2O/c1-6-3-2-4-7-8(6)12-5-9(7,10)11/h2-4H,5H2,1H3. The molecule has 3 heteroatoms. The van der Waals surface area contributed by atoms with E-state index < -0.39 is 12.5 Å². The van der Waals surface area contributed by atoms with Crippen molar-refractivity contribution in [2.45, 2.75) is 12.8 Å². The van der Waals surface area contributed by atoms with E-state index in [1.54, 1.807) is 19.1 Å². The molecule has 0 atom stereocenters. The Labute approximate surface area is 69.0 Å². The topological polar surface area (TPSA) is 9.23 Å². The van der Waals surface area contributed by atoms with E-state index >= 15 is 0 Å². The van der Waals surface area contributed by atoms with Gasteiger partial charge in [0, 0.05) is 0 Å². The van der Waals surface area contributed by atoms with Gasteiger partial charge < -0.3 is 4.74 Å². The highest BCUT2D eigenvalue weighted by Gasteiger charge is 2.41. The minimum absolute atomic E-state index is 0.0162. The van der Waals surface area contributed by atoms with Gasteiger partial charge in [0.15, 0.2) is 6.61 Å². The summed E-state index contributed by atoms with van der Waals surface area (Å²) in [5, 5.41) is 0. The van der Waals surface area contributed by atoms with E-state index in [1.165, 1.54) is 6.07 Å². The number of rotatable bonds is 0. The number of hydrogen-bond donors (Lipinski definition) is 0. The Morgan fingerprint density at radius 1 is 1.42 bits per heavy atom. The first-order valence-electron chi connectivity index (χ1n) is 3.72. The van der Waals surface area contributed by atoms with Crippen LogP contribution in [0.4, 0.5) is 8.78 Å². The van der Waals surface area contributed by atoms with Gasteiger partial charge in [-0.05, 0) is 18.6 Å². The number of alkyl halides is 2. The highest BCUT2D eigenvalue weighted by molar-refractivity contribution is 5.45. The third-order valence-electron chi connectivity index (χ3n) is 2.00. The van der Waals surface area contributed by atoms with Crippen molar-refractivity contribution in [1.82, 2.24) is 0 Å². The molecule has 64 valence electrons. The van der Waals surface area contributed by atoms with E-state index in [0.29, 0.717) is 5.75 Å². The van der Waals surface area contributed by atoms with Gasteiger partial charge >= 0.3 is 5.92 Å². The molecular weight excluding hydrogens is 162 g/mol. The first kappa shape index (κ1) is 7.53. The lowest BCUT2D eigenvalue weighted by Crippen LogP contribution is -2.14. The molecule has 1 aliphatic heterocycles. The molecule has 0 saturated carbocycles. The zero-order chi connectivity index (χ0) is 8.77. The highest BCUT2D eigenvalue weighted by atomic mass is 19.3. The Kier molecular flexibility index (Phi) is 1.37. The lowest BCUT2D eigenvalue weighted by atomic mass is 10.1. The van der Waals surface area contributed by atoms with E-state index in [-0.39, 0.29) is 5.56 Å². The molecule has 0 spiro atoms. The molecule has 0 unspecified atom stereocenters. The van der Waals surface area contributed by atoms with Crippen molar-refractivity contribution in [3.05, 3.63) is 29.3 Å². The molecule has 0 amide bonds. The Bertz CT molecular complexity index is 320. The first-order valence-corrected chi connectivity index (χ1v) is 3.72. The largest absolute Gasteiger partial charge is 0.486 e. The van der Waals surface area contributed by atoms with Gasteiger partial charge in [-0.1, -0.05) is 12.1 Å². The molecule has 0 fully saturated rings. The van der Waals surface area contributed by atoms with E-state index in [4.69, 9.17) is 4.74 Å². The van der Waals surface area contributed by atoms with Crippen LogP contribution in [-0.4, -0.2) is 6.61 Å². The van der Waals surface area contributed by atoms with Gasteiger partial charge in [-0.25, -0.2) is 0 Å². The molecule has 0 saturated heterocycles. The van der Waals surface area contributed by atoms with Crippen molar-refractivity contribution in [3.63, 3.8) is 0 Å². The SMILES string of the molecule is Cc1cccc2c1OCC2(F)F. The van der Waals surface area contributed by atoms with Crippen LogP contribution >= 0.6 is 0 Å². The van der Waals surface area contributed by atoms with E-state index in [1.807, 2.05) is 0 Å². The minimum atomic E-state index is -2.80. The highest BCUT2D eigenvalue weighted by Crippen LogP contribution is 2.42. The second-order valence-electron chi connectivity index (χ2n) is 2.94. The second-order valence-corrected chi connectivity index (χ2v) is 2.94. The van der Waals surface area contributed by atoms with Gasteiger partial charge in [0.05, 0.1) is 5.56 Å². The van der Waals surface area contributed by atoms with Crippen molar-refractivity contribution < 1.29 is 13.5 Å². The first-order chi connectivity index (χ1) is 5.61. The van der Waals surface area contributed by atoms with Crippen LogP contribution in [0.5, 0.6) is 5.75 Å². The molecule has 1 aliphatic rings. The average Bonchev–Trinajstić information content (AvgIpc) is 2.30. The molecule has 0 N–H and O–H groups in total. The molecule has 0 radical (unpaired) electrons. The molecule has 12 heavy (non-hydrogen) atoms. The van der Waals surface area contributed by atoms with Crippen molar-refractivity contribution in [3.8, 4) is 5.75 Å². The minimum Gasteiger partial charge on any atom is -0.486 e. The monoisotopic (exact) mass is 170 g/mol. The predicted molar refractivity (Wildman–Crippen MR) is 40.6 cm³/mol. The summed E-state index contributed by atoms with van der Waals surface area (Å²) < 4.78 is 30.9. The third kappa shape index (κ3) is 0.891. The van der Waals surface area contributed by atoms with Gasteiger partial charge in [0.2, 0.25) is 0 Å². The van der Waals surface area contributed by atoms with Gasteiger partial charge in [0.1, 0.15) is 5.75 Å². The quantitative estimate of drug-likeness (QED) is 0.581. The average molecular weight is 170 g/mol. The fourth-order valence-electron chi connectivity index (χ4n) is 1.37. The number of ether oxygens (including phenoxy) is 1. The summed E-state index contributed by atoms with van der Waals surface area (Å²) in [5.74, 6) is -2.45. The molecule has 2 rings (SSSR count). The molecule has 1 nitrogen and oxygen atoms in total. The van der Waals surface area contributed by atoms with Crippen LogP contribution in [0, 0.1) is 6.92 Å². The van der Waals surface area contributed by atoms with Crippen LogP contribution in [0.2, 0.25) is 0 Å². The van der Waals surface area contributed by atoms with Crippen molar-refractivity contribution >= 4 is 0 Å². The van der Waals surface area contributed by atoms with Crippen LogP contribution in [0.15, 0.2) is 18.2 Å². The van der Waals surface area contributed by atoms with Gasteiger partial charge in [-0.15, -0.1) is 0 Å². The van der Waals surface area contributed by atoms with Gasteiger partial charge in [-0.3, -0.25) is 0 Å². The summed E-state index contributed by atoms with van der Waals surface area (Å²) in [6.07, 6.45) is 0. The molecule has 0 bridgehead atoms. The molecule has 1 aromatic carbocycles. The Morgan fingerprint density at radius 3 is 2.83 bits per heavy atom. The maximum absolute atomic E-state index is 13.0.